The highest BCUT2D eigenvalue weighted by atomic mass is 32.2. The van der Waals surface area contributed by atoms with E-state index in [1.807, 2.05) is 0 Å². The summed E-state index contributed by atoms with van der Waals surface area (Å²) < 4.78 is 37.9. The summed E-state index contributed by atoms with van der Waals surface area (Å²) in [4.78, 5) is 14.5. The van der Waals surface area contributed by atoms with Crippen LogP contribution in [0.1, 0.15) is 25.7 Å². The normalized spacial score (nSPS) is 15.8. The predicted octanol–water partition coefficient (Wildman–Crippen LogP) is 1.58. The van der Waals surface area contributed by atoms with Gasteiger partial charge in [-0.25, -0.2) is 12.8 Å². The van der Waals surface area contributed by atoms with E-state index in [-0.39, 0.29) is 18.1 Å². The number of carbonyl (C=O) groups is 1. The molecule has 0 aliphatic carbocycles. The molecule has 140 valence electrons. The van der Waals surface area contributed by atoms with Gasteiger partial charge in [-0.05, 0) is 63.2 Å². The highest BCUT2D eigenvalue weighted by Gasteiger charge is 2.20. The van der Waals surface area contributed by atoms with Crippen molar-refractivity contribution in [2.75, 3.05) is 43.3 Å². The molecule has 1 N–H and O–H groups in total. The summed E-state index contributed by atoms with van der Waals surface area (Å²) in [6.07, 6.45) is 5.61. The molecule has 1 aliphatic rings. The molecule has 0 saturated carbocycles. The zero-order valence-corrected chi connectivity index (χ0v) is 15.4. The molecule has 8 heteroatoms. The first kappa shape index (κ1) is 19.7. The zero-order valence-electron chi connectivity index (χ0n) is 14.6. The Balaban J connectivity index is 1.82. The Labute approximate surface area is 149 Å². The molecular weight excluding hydrogens is 345 g/mol. The second-order valence-electron chi connectivity index (χ2n) is 6.35. The number of sulfonamides is 1. The van der Waals surface area contributed by atoms with Crippen LogP contribution in [0, 0.1) is 5.82 Å². The topological polar surface area (TPSA) is 69.7 Å². The van der Waals surface area contributed by atoms with E-state index in [9.17, 15) is 17.6 Å². The van der Waals surface area contributed by atoms with Crippen LogP contribution in [0.15, 0.2) is 24.3 Å². The molecular formula is C17H26FN3O3S. The number of hydrogen-bond donors (Lipinski definition) is 1. The summed E-state index contributed by atoms with van der Waals surface area (Å²) in [5.41, 5.74) is 0.271. The molecule has 0 radical (unpaired) electrons. The third-order valence-corrected chi connectivity index (χ3v) is 5.36. The zero-order chi connectivity index (χ0) is 18.3. The molecule has 6 nitrogen and oxygen atoms in total. The second-order valence-corrected chi connectivity index (χ2v) is 8.26. The van der Waals surface area contributed by atoms with Crippen LogP contribution in [0.4, 0.5) is 10.1 Å². The molecule has 0 unspecified atom stereocenters. The van der Waals surface area contributed by atoms with Crippen molar-refractivity contribution in [3.63, 3.8) is 0 Å². The van der Waals surface area contributed by atoms with Crippen molar-refractivity contribution >= 4 is 21.6 Å². The predicted molar refractivity (Wildman–Crippen MR) is 96.5 cm³/mol. The van der Waals surface area contributed by atoms with Crippen molar-refractivity contribution < 1.29 is 17.6 Å². The quantitative estimate of drug-likeness (QED) is 0.705. The van der Waals surface area contributed by atoms with Gasteiger partial charge in [0.15, 0.2) is 0 Å². The van der Waals surface area contributed by atoms with E-state index in [1.165, 1.54) is 43.5 Å². The molecule has 1 aromatic rings. The van der Waals surface area contributed by atoms with Crippen molar-refractivity contribution in [1.82, 2.24) is 10.2 Å². The fourth-order valence-corrected chi connectivity index (χ4v) is 3.76. The molecule has 1 aliphatic heterocycles. The third kappa shape index (κ3) is 6.62. The van der Waals surface area contributed by atoms with Crippen molar-refractivity contribution in [2.24, 2.45) is 0 Å². The van der Waals surface area contributed by atoms with E-state index in [2.05, 4.69) is 10.2 Å². The average Bonchev–Trinajstić information content (AvgIpc) is 2.57. The Morgan fingerprint density at radius 1 is 1.20 bits per heavy atom. The van der Waals surface area contributed by atoms with Gasteiger partial charge in [0.1, 0.15) is 12.4 Å². The highest BCUT2D eigenvalue weighted by Crippen LogP contribution is 2.17. The molecule has 0 atom stereocenters. The van der Waals surface area contributed by atoms with Gasteiger partial charge < -0.3 is 10.2 Å². The monoisotopic (exact) mass is 371 g/mol. The molecule has 25 heavy (non-hydrogen) atoms. The number of halogens is 1. The van der Waals surface area contributed by atoms with E-state index in [4.69, 9.17) is 0 Å². The van der Waals surface area contributed by atoms with Gasteiger partial charge in [0, 0.05) is 6.54 Å². The summed E-state index contributed by atoms with van der Waals surface area (Å²) in [6, 6.07) is 5.04. The van der Waals surface area contributed by atoms with Crippen LogP contribution >= 0.6 is 0 Å². The molecule has 2 rings (SSSR count). The SMILES string of the molecule is CS(=O)(=O)N(CC(=O)NCCCN1CCCCC1)c1ccc(F)cc1. The van der Waals surface area contributed by atoms with Gasteiger partial charge in [0.25, 0.3) is 0 Å². The minimum absolute atomic E-state index is 0.271. The fourth-order valence-electron chi connectivity index (χ4n) is 2.91. The van der Waals surface area contributed by atoms with Crippen molar-refractivity contribution in [1.29, 1.82) is 0 Å². The number of benzene rings is 1. The maximum Gasteiger partial charge on any atom is 0.240 e. The van der Waals surface area contributed by atoms with Crippen molar-refractivity contribution in [3.8, 4) is 0 Å². The summed E-state index contributed by atoms with van der Waals surface area (Å²) >= 11 is 0. The molecule has 0 aromatic heterocycles. The number of rotatable bonds is 8. The number of nitrogens with one attached hydrogen (secondary N) is 1. The summed E-state index contributed by atoms with van der Waals surface area (Å²) in [5, 5.41) is 2.76. The van der Waals surface area contributed by atoms with Crippen LogP contribution in [-0.2, 0) is 14.8 Å². The van der Waals surface area contributed by atoms with Gasteiger partial charge >= 0.3 is 0 Å². The number of piperidine rings is 1. The Bertz CT molecular complexity index is 658. The van der Waals surface area contributed by atoms with Gasteiger partial charge in [0.2, 0.25) is 15.9 Å². The Morgan fingerprint density at radius 2 is 1.84 bits per heavy atom. The molecule has 1 amide bonds. The van der Waals surface area contributed by atoms with E-state index in [0.717, 1.165) is 36.6 Å². The lowest BCUT2D eigenvalue weighted by atomic mass is 10.1. The van der Waals surface area contributed by atoms with Crippen LogP contribution in [-0.4, -0.2) is 58.2 Å². The minimum atomic E-state index is -3.63. The summed E-state index contributed by atoms with van der Waals surface area (Å²) in [7, 11) is -3.63. The van der Waals surface area contributed by atoms with Gasteiger partial charge in [-0.2, -0.15) is 0 Å². The first-order valence-corrected chi connectivity index (χ1v) is 10.4. The number of amides is 1. The highest BCUT2D eigenvalue weighted by molar-refractivity contribution is 7.92. The van der Waals surface area contributed by atoms with E-state index < -0.39 is 15.8 Å². The molecule has 0 spiro atoms. The van der Waals surface area contributed by atoms with E-state index in [0.29, 0.717) is 6.54 Å². The molecule has 1 aromatic carbocycles. The van der Waals surface area contributed by atoms with Crippen molar-refractivity contribution in [3.05, 3.63) is 30.1 Å². The molecule has 1 fully saturated rings. The third-order valence-electron chi connectivity index (χ3n) is 4.22. The number of anilines is 1. The average molecular weight is 371 g/mol. The fraction of sp³-hybridized carbons (Fsp3) is 0.588. The van der Waals surface area contributed by atoms with Crippen LogP contribution in [0.3, 0.4) is 0 Å². The maximum absolute atomic E-state index is 13.0. The number of hydrogen-bond acceptors (Lipinski definition) is 4. The summed E-state index contributed by atoms with van der Waals surface area (Å²) in [6.45, 7) is 3.36. The number of likely N-dealkylation sites (tertiary alicyclic amines) is 1. The smallest absolute Gasteiger partial charge is 0.240 e. The molecule has 1 heterocycles. The maximum atomic E-state index is 13.0. The largest absolute Gasteiger partial charge is 0.354 e. The van der Waals surface area contributed by atoms with Gasteiger partial charge in [-0.1, -0.05) is 6.42 Å². The van der Waals surface area contributed by atoms with E-state index >= 15 is 0 Å². The lowest BCUT2D eigenvalue weighted by molar-refractivity contribution is -0.119. The van der Waals surface area contributed by atoms with Crippen LogP contribution < -0.4 is 9.62 Å². The number of carbonyl (C=O) groups excluding carboxylic acids is 1. The van der Waals surface area contributed by atoms with Crippen LogP contribution in [0.25, 0.3) is 0 Å². The summed E-state index contributed by atoms with van der Waals surface area (Å²) in [5.74, 6) is -0.826. The van der Waals surface area contributed by atoms with Crippen LogP contribution in [0.5, 0.6) is 0 Å². The first-order chi connectivity index (χ1) is 11.9. The van der Waals surface area contributed by atoms with Gasteiger partial charge in [-0.3, -0.25) is 9.10 Å². The Hall–Kier alpha value is -1.67. The Morgan fingerprint density at radius 3 is 2.44 bits per heavy atom. The number of nitrogens with zero attached hydrogens (tertiary/aromatic N) is 2. The molecule has 0 bridgehead atoms. The van der Waals surface area contributed by atoms with Crippen LogP contribution in [0.2, 0.25) is 0 Å². The van der Waals surface area contributed by atoms with Gasteiger partial charge in [-0.15, -0.1) is 0 Å². The first-order valence-electron chi connectivity index (χ1n) is 8.58. The van der Waals surface area contributed by atoms with Gasteiger partial charge in [0.05, 0.1) is 11.9 Å². The lowest BCUT2D eigenvalue weighted by Gasteiger charge is -2.26. The van der Waals surface area contributed by atoms with E-state index in [1.54, 1.807) is 0 Å². The second kappa shape index (κ2) is 9.15. The minimum Gasteiger partial charge on any atom is -0.354 e. The Kier molecular flexibility index (Phi) is 7.19. The molecule has 1 saturated heterocycles. The lowest BCUT2D eigenvalue weighted by Crippen LogP contribution is -2.41. The van der Waals surface area contributed by atoms with Crippen molar-refractivity contribution in [2.45, 2.75) is 25.7 Å². The standard InChI is InChI=1S/C17H26FN3O3S/c1-25(23,24)21(16-8-6-15(18)7-9-16)14-17(22)19-10-5-13-20-11-3-2-4-12-20/h6-9H,2-5,10-14H2,1H3,(H,19,22).